The number of likely N-dealkylation sites (tertiary alicyclic amines) is 1. The van der Waals surface area contributed by atoms with Crippen molar-refractivity contribution in [3.63, 3.8) is 0 Å². The zero-order valence-corrected chi connectivity index (χ0v) is 18.5. The van der Waals surface area contributed by atoms with Gasteiger partial charge in [-0.05, 0) is 41.4 Å². The highest BCUT2D eigenvalue weighted by molar-refractivity contribution is 5.82. The molecule has 1 aliphatic heterocycles. The van der Waals surface area contributed by atoms with Gasteiger partial charge in [0.15, 0.2) is 5.65 Å². The highest BCUT2D eigenvalue weighted by atomic mass is 19.4. The summed E-state index contributed by atoms with van der Waals surface area (Å²) in [7, 11) is 1.69. The number of halogens is 3. The SMILES string of the molecule is Cn1c(=O)n(CC(C)(C)C)c2ccc(C3=CC4CN(C(=O)C(O)C(F)(F)F)CC4C3)nc21. The summed E-state index contributed by atoms with van der Waals surface area (Å²) >= 11 is 0. The van der Waals surface area contributed by atoms with Gasteiger partial charge in [-0.3, -0.25) is 13.9 Å². The van der Waals surface area contributed by atoms with Gasteiger partial charge in [0.05, 0.1) is 11.2 Å². The number of carbonyl (C=O) groups is 1. The first-order valence-electron chi connectivity index (χ1n) is 10.6. The first-order chi connectivity index (χ1) is 14.8. The second-order valence-electron chi connectivity index (χ2n) is 10.0. The van der Waals surface area contributed by atoms with E-state index in [-0.39, 0.29) is 36.0 Å². The van der Waals surface area contributed by atoms with Crippen LogP contribution in [0.3, 0.4) is 0 Å². The van der Waals surface area contributed by atoms with E-state index in [1.807, 2.05) is 18.2 Å². The van der Waals surface area contributed by atoms with Crippen LogP contribution in [0.1, 0.15) is 32.9 Å². The maximum absolute atomic E-state index is 12.7. The Morgan fingerprint density at radius 1 is 1.25 bits per heavy atom. The van der Waals surface area contributed by atoms with Crippen molar-refractivity contribution < 1.29 is 23.1 Å². The number of alkyl halides is 3. The number of amides is 1. The monoisotopic (exact) mass is 452 g/mol. The van der Waals surface area contributed by atoms with Crippen LogP contribution < -0.4 is 5.69 Å². The molecule has 2 aromatic heterocycles. The van der Waals surface area contributed by atoms with E-state index >= 15 is 0 Å². The number of aliphatic hydroxyl groups is 1. The fourth-order valence-electron chi connectivity index (χ4n) is 4.67. The number of aryl methyl sites for hydroxylation is 1. The summed E-state index contributed by atoms with van der Waals surface area (Å²) in [5, 5.41) is 9.26. The molecule has 2 aliphatic rings. The third-order valence-electron chi connectivity index (χ3n) is 6.19. The number of aliphatic hydroxyl groups excluding tert-OH is 1. The number of allylic oxidation sites excluding steroid dienone is 1. The van der Waals surface area contributed by atoms with Gasteiger partial charge in [0.2, 0.25) is 6.10 Å². The number of hydrogen-bond acceptors (Lipinski definition) is 4. The maximum atomic E-state index is 12.7. The average molecular weight is 452 g/mol. The van der Waals surface area contributed by atoms with Crippen LogP contribution in [0.15, 0.2) is 23.0 Å². The molecular formula is C22H27F3N4O3. The van der Waals surface area contributed by atoms with E-state index in [9.17, 15) is 27.9 Å². The normalized spacial score (nSPS) is 22.4. The molecule has 7 nitrogen and oxygen atoms in total. The van der Waals surface area contributed by atoms with Crippen molar-refractivity contribution in [2.24, 2.45) is 24.3 Å². The number of fused-ring (bicyclic) bond motifs is 2. The molecule has 174 valence electrons. The number of nitrogens with zero attached hydrogens (tertiary/aromatic N) is 4. The van der Waals surface area contributed by atoms with Crippen LogP contribution in [0.25, 0.3) is 16.7 Å². The molecule has 1 N–H and O–H groups in total. The minimum atomic E-state index is -4.96. The smallest absolute Gasteiger partial charge is 0.376 e. The Balaban J connectivity index is 1.56. The van der Waals surface area contributed by atoms with Gasteiger partial charge in [0.1, 0.15) is 0 Å². The first kappa shape index (κ1) is 22.6. The van der Waals surface area contributed by atoms with E-state index in [0.717, 1.165) is 21.7 Å². The Bertz CT molecular complexity index is 1160. The van der Waals surface area contributed by atoms with Crippen LogP contribution in [0, 0.1) is 17.3 Å². The summed E-state index contributed by atoms with van der Waals surface area (Å²) in [6.07, 6.45) is -5.41. The molecule has 0 saturated carbocycles. The minimum Gasteiger partial charge on any atom is -0.376 e. The Labute approximate surface area is 183 Å². The highest BCUT2D eigenvalue weighted by Gasteiger charge is 2.48. The molecule has 1 saturated heterocycles. The molecule has 3 heterocycles. The molecule has 1 aliphatic carbocycles. The highest BCUT2D eigenvalue weighted by Crippen LogP contribution is 2.41. The predicted molar refractivity (Wildman–Crippen MR) is 113 cm³/mol. The lowest BCUT2D eigenvalue weighted by atomic mass is 9.97. The molecule has 2 aromatic rings. The maximum Gasteiger partial charge on any atom is 0.423 e. The van der Waals surface area contributed by atoms with Crippen molar-refractivity contribution in [1.82, 2.24) is 19.0 Å². The molecule has 0 spiro atoms. The van der Waals surface area contributed by atoms with Crippen LogP contribution >= 0.6 is 0 Å². The predicted octanol–water partition coefficient (Wildman–Crippen LogP) is 2.57. The molecule has 4 rings (SSSR count). The standard InChI is InChI=1S/C22H27F3N4O3/c1-21(2,3)11-29-16-6-5-15(26-18(16)27(4)20(29)32)12-7-13-9-28(10-14(13)8-12)19(31)17(30)22(23,24)25/h5-7,13-14,17,30H,8-11H2,1-4H3. The van der Waals surface area contributed by atoms with Crippen LogP contribution in [0.2, 0.25) is 0 Å². The molecule has 0 bridgehead atoms. The second-order valence-corrected chi connectivity index (χ2v) is 10.0. The van der Waals surface area contributed by atoms with E-state index in [1.165, 1.54) is 4.57 Å². The second kappa shape index (κ2) is 7.47. The molecule has 0 aromatic carbocycles. The summed E-state index contributed by atoms with van der Waals surface area (Å²) in [6.45, 7) is 7.05. The van der Waals surface area contributed by atoms with Gasteiger partial charge in [-0.1, -0.05) is 26.8 Å². The summed E-state index contributed by atoms with van der Waals surface area (Å²) in [5.74, 6) is -1.39. The number of hydrogen-bond donors (Lipinski definition) is 1. The fraction of sp³-hybridized carbons (Fsp3) is 0.591. The van der Waals surface area contributed by atoms with Gasteiger partial charge >= 0.3 is 11.9 Å². The van der Waals surface area contributed by atoms with Gasteiger partial charge in [-0.25, -0.2) is 9.78 Å². The van der Waals surface area contributed by atoms with Crippen LogP contribution in [-0.2, 0) is 18.4 Å². The van der Waals surface area contributed by atoms with Crippen LogP contribution in [0.5, 0.6) is 0 Å². The van der Waals surface area contributed by atoms with Crippen molar-refractivity contribution >= 4 is 22.6 Å². The number of pyridine rings is 1. The van der Waals surface area contributed by atoms with E-state index < -0.39 is 18.2 Å². The largest absolute Gasteiger partial charge is 0.423 e. The third kappa shape index (κ3) is 3.96. The molecule has 3 unspecified atom stereocenters. The van der Waals surface area contributed by atoms with Gasteiger partial charge in [0.25, 0.3) is 5.91 Å². The van der Waals surface area contributed by atoms with Crippen LogP contribution in [0.4, 0.5) is 13.2 Å². The first-order valence-corrected chi connectivity index (χ1v) is 10.6. The third-order valence-corrected chi connectivity index (χ3v) is 6.19. The van der Waals surface area contributed by atoms with Crippen LogP contribution in [-0.4, -0.2) is 55.4 Å². The quantitative estimate of drug-likeness (QED) is 0.776. The summed E-state index contributed by atoms with van der Waals surface area (Å²) in [6, 6.07) is 3.75. The van der Waals surface area contributed by atoms with E-state index in [0.29, 0.717) is 18.6 Å². The van der Waals surface area contributed by atoms with Gasteiger partial charge < -0.3 is 10.0 Å². The lowest BCUT2D eigenvalue weighted by molar-refractivity contribution is -0.210. The number of carbonyl (C=O) groups excluding carboxylic acids is 1. The zero-order valence-electron chi connectivity index (χ0n) is 18.5. The van der Waals surface area contributed by atoms with Crippen molar-refractivity contribution in [3.05, 3.63) is 34.4 Å². The minimum absolute atomic E-state index is 0.0128. The number of rotatable bonds is 3. The van der Waals surface area contributed by atoms with Gasteiger partial charge in [0, 0.05) is 26.7 Å². The Kier molecular flexibility index (Phi) is 5.27. The number of aromatic nitrogens is 3. The molecule has 3 atom stereocenters. The fourth-order valence-corrected chi connectivity index (χ4v) is 4.67. The summed E-state index contributed by atoms with van der Waals surface area (Å²) < 4.78 is 41.2. The van der Waals surface area contributed by atoms with Crippen molar-refractivity contribution in [3.8, 4) is 0 Å². The molecule has 1 fully saturated rings. The summed E-state index contributed by atoms with van der Waals surface area (Å²) in [5.41, 5.74) is 2.82. The van der Waals surface area contributed by atoms with E-state index in [1.54, 1.807) is 11.6 Å². The number of imidazole rings is 1. The molecular weight excluding hydrogens is 425 g/mol. The average Bonchev–Trinajstić information content (AvgIpc) is 3.32. The summed E-state index contributed by atoms with van der Waals surface area (Å²) in [4.78, 5) is 30.5. The van der Waals surface area contributed by atoms with E-state index in [4.69, 9.17) is 4.98 Å². The Morgan fingerprint density at radius 2 is 1.94 bits per heavy atom. The van der Waals surface area contributed by atoms with Gasteiger partial charge in [-0.15, -0.1) is 0 Å². The zero-order chi connectivity index (χ0) is 23.6. The topological polar surface area (TPSA) is 80.4 Å². The van der Waals surface area contributed by atoms with Gasteiger partial charge in [-0.2, -0.15) is 13.2 Å². The molecule has 10 heteroatoms. The molecule has 1 amide bonds. The lowest BCUT2D eigenvalue weighted by Crippen LogP contribution is -2.45. The van der Waals surface area contributed by atoms with Crippen molar-refractivity contribution in [2.45, 2.75) is 46.0 Å². The lowest BCUT2D eigenvalue weighted by Gasteiger charge is -2.22. The molecule has 0 radical (unpaired) electrons. The Hall–Kier alpha value is -2.62. The van der Waals surface area contributed by atoms with Crippen molar-refractivity contribution in [1.29, 1.82) is 0 Å². The van der Waals surface area contributed by atoms with E-state index in [2.05, 4.69) is 20.8 Å². The van der Waals surface area contributed by atoms with Crippen molar-refractivity contribution in [2.75, 3.05) is 13.1 Å². The molecule has 32 heavy (non-hydrogen) atoms. The Morgan fingerprint density at radius 3 is 2.53 bits per heavy atom.